The number of aromatic nitrogens is 2. The molecule has 0 saturated carbocycles. The molecule has 1 aromatic heterocycles. The number of benzene rings is 1. The van der Waals surface area contributed by atoms with E-state index in [1.807, 2.05) is 6.07 Å². The van der Waals surface area contributed by atoms with Gasteiger partial charge in [0.25, 0.3) is 5.56 Å². The first kappa shape index (κ1) is 16.0. The third-order valence-corrected chi connectivity index (χ3v) is 4.34. The topological polar surface area (TPSA) is 67.9 Å². The van der Waals surface area contributed by atoms with Crippen molar-refractivity contribution in [2.75, 3.05) is 13.7 Å². The van der Waals surface area contributed by atoms with Gasteiger partial charge in [-0.15, -0.1) is 0 Å². The van der Waals surface area contributed by atoms with Crippen molar-refractivity contribution < 1.29 is 4.74 Å². The predicted molar refractivity (Wildman–Crippen MR) is 86.5 cm³/mol. The molecule has 5 nitrogen and oxygen atoms in total. The third-order valence-electron chi connectivity index (χ3n) is 2.86. The Morgan fingerprint density at radius 3 is 3.00 bits per heavy atom. The molecule has 1 aromatic carbocycles. The summed E-state index contributed by atoms with van der Waals surface area (Å²) in [5.74, 6) is 0. The van der Waals surface area contributed by atoms with E-state index in [-0.39, 0.29) is 10.8 Å². The number of thioether (sulfide) groups is 1. The normalized spacial score (nSPS) is 12.3. The first-order valence-electron chi connectivity index (χ1n) is 6.32. The van der Waals surface area contributed by atoms with E-state index in [1.54, 1.807) is 30.7 Å². The van der Waals surface area contributed by atoms with E-state index in [2.05, 4.69) is 27.0 Å². The Balaban J connectivity index is 2.61. The van der Waals surface area contributed by atoms with Gasteiger partial charge in [-0.1, -0.05) is 27.7 Å². The molecule has 1 heterocycles. The van der Waals surface area contributed by atoms with Crippen LogP contribution in [-0.4, -0.2) is 28.5 Å². The number of halogens is 1. The summed E-state index contributed by atoms with van der Waals surface area (Å²) in [5, 5.41) is 9.78. The Labute approximate surface area is 135 Å². The lowest BCUT2D eigenvalue weighted by Crippen LogP contribution is -2.25. The zero-order valence-electron chi connectivity index (χ0n) is 11.7. The minimum atomic E-state index is -0.279. The number of ether oxygens (including phenoxy) is 1. The fraction of sp³-hybridized carbons (Fsp3) is 0.357. The van der Waals surface area contributed by atoms with Crippen LogP contribution < -0.4 is 5.56 Å². The average molecular weight is 368 g/mol. The summed E-state index contributed by atoms with van der Waals surface area (Å²) in [6.45, 7) is 2.60. The number of fused-ring (bicyclic) bond motifs is 1. The van der Waals surface area contributed by atoms with Crippen molar-refractivity contribution in [1.29, 1.82) is 5.26 Å². The number of hydrogen-bond acceptors (Lipinski definition) is 5. The van der Waals surface area contributed by atoms with Gasteiger partial charge in [-0.2, -0.15) is 5.26 Å². The van der Waals surface area contributed by atoms with E-state index in [1.165, 1.54) is 11.8 Å². The highest BCUT2D eigenvalue weighted by atomic mass is 79.9. The van der Waals surface area contributed by atoms with E-state index in [4.69, 9.17) is 10.00 Å². The van der Waals surface area contributed by atoms with Gasteiger partial charge in [0.15, 0.2) is 5.16 Å². The quantitative estimate of drug-likeness (QED) is 0.600. The lowest BCUT2D eigenvalue weighted by atomic mass is 10.2. The predicted octanol–water partition coefficient (Wildman–Crippen LogP) is 2.81. The van der Waals surface area contributed by atoms with Crippen molar-refractivity contribution in [1.82, 2.24) is 9.55 Å². The van der Waals surface area contributed by atoms with E-state index in [0.717, 1.165) is 4.47 Å². The van der Waals surface area contributed by atoms with Crippen LogP contribution in [0.1, 0.15) is 6.92 Å². The zero-order chi connectivity index (χ0) is 15.4. The number of nitriles is 1. The minimum Gasteiger partial charge on any atom is -0.383 e. The Kier molecular flexibility index (Phi) is 5.39. The lowest BCUT2D eigenvalue weighted by molar-refractivity contribution is 0.183. The molecular weight excluding hydrogens is 354 g/mol. The second-order valence-corrected chi connectivity index (χ2v) is 6.62. The summed E-state index contributed by atoms with van der Waals surface area (Å²) >= 11 is 4.64. The molecular formula is C14H14BrN3O2S. The van der Waals surface area contributed by atoms with E-state index in [9.17, 15) is 4.79 Å². The summed E-state index contributed by atoms with van der Waals surface area (Å²) in [7, 11) is 1.58. The summed E-state index contributed by atoms with van der Waals surface area (Å²) < 4.78 is 7.45. The molecule has 0 amide bonds. The van der Waals surface area contributed by atoms with Crippen molar-refractivity contribution in [3.8, 4) is 6.07 Å². The van der Waals surface area contributed by atoms with Gasteiger partial charge in [0.05, 0.1) is 35.4 Å². The molecule has 1 atom stereocenters. The van der Waals surface area contributed by atoms with Crippen LogP contribution in [0.5, 0.6) is 0 Å². The second kappa shape index (κ2) is 7.07. The van der Waals surface area contributed by atoms with Crippen molar-refractivity contribution in [3.63, 3.8) is 0 Å². The smallest absolute Gasteiger partial charge is 0.262 e. The minimum absolute atomic E-state index is 0.119. The standard InChI is InChI=1S/C14H14BrN3O2S/c1-9(8-16)21-14-17-12-4-3-10(15)7-11(12)13(19)18(14)5-6-20-2/h3-4,7,9H,5-6H2,1-2H3/t9-/m0/s1. The lowest BCUT2D eigenvalue weighted by Gasteiger charge is -2.13. The van der Waals surface area contributed by atoms with Crippen LogP contribution in [0.3, 0.4) is 0 Å². The molecule has 0 unspecified atom stereocenters. The molecule has 0 aliphatic carbocycles. The van der Waals surface area contributed by atoms with Gasteiger partial charge >= 0.3 is 0 Å². The monoisotopic (exact) mass is 367 g/mol. The number of nitrogens with zero attached hydrogens (tertiary/aromatic N) is 3. The largest absolute Gasteiger partial charge is 0.383 e. The first-order chi connectivity index (χ1) is 10.1. The van der Waals surface area contributed by atoms with Crippen LogP contribution in [0, 0.1) is 11.3 Å². The van der Waals surface area contributed by atoms with Crippen molar-refractivity contribution in [2.24, 2.45) is 0 Å². The Morgan fingerprint density at radius 1 is 1.57 bits per heavy atom. The fourth-order valence-electron chi connectivity index (χ4n) is 1.83. The Morgan fingerprint density at radius 2 is 2.33 bits per heavy atom. The zero-order valence-corrected chi connectivity index (χ0v) is 14.1. The maximum Gasteiger partial charge on any atom is 0.262 e. The molecule has 2 aromatic rings. The molecule has 0 fully saturated rings. The molecule has 0 radical (unpaired) electrons. The number of rotatable bonds is 5. The maximum absolute atomic E-state index is 12.6. The van der Waals surface area contributed by atoms with Gasteiger partial charge in [-0.3, -0.25) is 9.36 Å². The first-order valence-corrected chi connectivity index (χ1v) is 7.99. The van der Waals surface area contributed by atoms with Gasteiger partial charge in [-0.05, 0) is 25.1 Å². The van der Waals surface area contributed by atoms with E-state index in [0.29, 0.717) is 29.2 Å². The second-order valence-electron chi connectivity index (χ2n) is 4.39. The van der Waals surface area contributed by atoms with Gasteiger partial charge in [-0.25, -0.2) is 4.98 Å². The van der Waals surface area contributed by atoms with Crippen LogP contribution in [0.25, 0.3) is 10.9 Å². The molecule has 21 heavy (non-hydrogen) atoms. The van der Waals surface area contributed by atoms with Gasteiger partial charge in [0, 0.05) is 11.6 Å². The highest BCUT2D eigenvalue weighted by Gasteiger charge is 2.14. The summed E-state index contributed by atoms with van der Waals surface area (Å²) in [6.07, 6.45) is 0. The van der Waals surface area contributed by atoms with E-state index < -0.39 is 0 Å². The molecule has 0 aliphatic heterocycles. The van der Waals surface area contributed by atoms with Crippen LogP contribution in [0.4, 0.5) is 0 Å². The molecule has 7 heteroatoms. The highest BCUT2D eigenvalue weighted by Crippen LogP contribution is 2.23. The van der Waals surface area contributed by atoms with Gasteiger partial charge < -0.3 is 4.74 Å². The molecule has 0 aliphatic rings. The summed E-state index contributed by atoms with van der Waals surface area (Å²) in [6, 6.07) is 7.54. The molecule has 0 spiro atoms. The molecule has 0 saturated heterocycles. The van der Waals surface area contributed by atoms with Gasteiger partial charge in [0.1, 0.15) is 0 Å². The molecule has 0 N–H and O–H groups in total. The Bertz CT molecular complexity index is 754. The number of methoxy groups -OCH3 is 1. The van der Waals surface area contributed by atoms with Crippen molar-refractivity contribution in [2.45, 2.75) is 23.9 Å². The molecule has 110 valence electrons. The van der Waals surface area contributed by atoms with Crippen molar-refractivity contribution in [3.05, 3.63) is 33.0 Å². The van der Waals surface area contributed by atoms with Crippen molar-refractivity contribution >= 4 is 38.6 Å². The number of hydrogen-bond donors (Lipinski definition) is 0. The maximum atomic E-state index is 12.6. The molecule has 0 bridgehead atoms. The van der Waals surface area contributed by atoms with Crippen LogP contribution in [0.2, 0.25) is 0 Å². The summed E-state index contributed by atoms with van der Waals surface area (Å²) in [5.41, 5.74) is 0.510. The van der Waals surface area contributed by atoms with Crippen LogP contribution >= 0.6 is 27.7 Å². The third kappa shape index (κ3) is 3.64. The average Bonchev–Trinajstić information content (AvgIpc) is 2.47. The van der Waals surface area contributed by atoms with Gasteiger partial charge in [0.2, 0.25) is 0 Å². The van der Waals surface area contributed by atoms with Crippen LogP contribution in [0.15, 0.2) is 32.6 Å². The SMILES string of the molecule is COCCn1c(S[C@@H](C)C#N)nc2ccc(Br)cc2c1=O. The fourth-order valence-corrected chi connectivity index (χ4v) is 3.01. The van der Waals surface area contributed by atoms with E-state index >= 15 is 0 Å². The highest BCUT2D eigenvalue weighted by molar-refractivity contribution is 9.10. The Hall–Kier alpha value is -1.36. The molecule has 2 rings (SSSR count). The summed E-state index contributed by atoms with van der Waals surface area (Å²) in [4.78, 5) is 17.1. The van der Waals surface area contributed by atoms with Crippen LogP contribution in [-0.2, 0) is 11.3 Å².